The first kappa shape index (κ1) is 25.6. The van der Waals surface area contributed by atoms with E-state index in [1.807, 2.05) is 13.8 Å². The molecule has 10 heteroatoms. The lowest BCUT2D eigenvalue weighted by Crippen LogP contribution is -2.23. The summed E-state index contributed by atoms with van der Waals surface area (Å²) in [6, 6.07) is 20.7. The largest absolute Gasteiger partial charge is 0.497 e. The number of nitrogens with zero attached hydrogens (tertiary/aromatic N) is 4. The van der Waals surface area contributed by atoms with Crippen LogP contribution in [0.2, 0.25) is 0 Å². The van der Waals surface area contributed by atoms with Gasteiger partial charge in [-0.2, -0.15) is 5.11 Å². The van der Waals surface area contributed by atoms with Crippen molar-refractivity contribution in [1.29, 1.82) is 0 Å². The van der Waals surface area contributed by atoms with Crippen LogP contribution in [0.5, 0.6) is 23.1 Å². The quantitative estimate of drug-likeness (QED) is 0.207. The zero-order chi connectivity index (χ0) is 26.4. The summed E-state index contributed by atoms with van der Waals surface area (Å²) in [6.45, 7) is 4.84. The Labute approximate surface area is 218 Å². The molecule has 1 aromatic heterocycles. The van der Waals surface area contributed by atoms with Crippen LogP contribution < -0.4 is 19.8 Å². The number of rotatable bonds is 9. The van der Waals surface area contributed by atoms with Crippen LogP contribution in [0.4, 0.5) is 11.4 Å². The van der Waals surface area contributed by atoms with E-state index in [1.165, 1.54) is 9.13 Å². The summed E-state index contributed by atoms with van der Waals surface area (Å²) in [5.41, 5.74) is 0.587. The van der Waals surface area contributed by atoms with Crippen molar-refractivity contribution in [2.45, 2.75) is 13.8 Å². The molecule has 0 spiro atoms. The van der Waals surface area contributed by atoms with Gasteiger partial charge in [0.05, 0.1) is 37.4 Å². The van der Waals surface area contributed by atoms with E-state index in [0.29, 0.717) is 47.5 Å². The van der Waals surface area contributed by atoms with Crippen LogP contribution in [0.15, 0.2) is 87.8 Å². The fourth-order valence-corrected chi connectivity index (χ4v) is 3.99. The first-order valence-corrected chi connectivity index (χ1v) is 12.0. The second-order valence-electron chi connectivity index (χ2n) is 7.68. The summed E-state index contributed by atoms with van der Waals surface area (Å²) < 4.78 is 18.9. The monoisotopic (exact) mass is 518 g/mol. The molecule has 190 valence electrons. The Morgan fingerprint density at radius 2 is 1.24 bits per heavy atom. The molecule has 0 aliphatic rings. The fraction of sp³-hybridized carbons (Fsp3) is 0.185. The first-order valence-electron chi connectivity index (χ1n) is 11.6. The lowest BCUT2D eigenvalue weighted by atomic mass is 10.2. The third-order valence-corrected chi connectivity index (χ3v) is 5.73. The van der Waals surface area contributed by atoms with E-state index in [-0.39, 0.29) is 10.5 Å². The zero-order valence-corrected chi connectivity index (χ0v) is 21.4. The van der Waals surface area contributed by atoms with Gasteiger partial charge in [-0.3, -0.25) is 13.9 Å². The van der Waals surface area contributed by atoms with Crippen LogP contribution >= 0.6 is 12.2 Å². The van der Waals surface area contributed by atoms with Gasteiger partial charge in [0.15, 0.2) is 4.77 Å². The van der Waals surface area contributed by atoms with Crippen LogP contribution in [-0.4, -0.2) is 34.6 Å². The minimum absolute atomic E-state index is 0.0526. The smallest absolute Gasteiger partial charge is 0.290 e. The molecule has 0 saturated carbocycles. The average Bonchev–Trinajstić information content (AvgIpc) is 2.91. The van der Waals surface area contributed by atoms with Crippen LogP contribution in [0.1, 0.15) is 13.8 Å². The highest BCUT2D eigenvalue weighted by Gasteiger charge is 2.19. The molecule has 0 atom stereocenters. The molecule has 0 unspecified atom stereocenters. The number of hydrogen-bond acceptors (Lipinski definition) is 8. The molecule has 4 rings (SSSR count). The third-order valence-electron chi connectivity index (χ3n) is 5.36. The Morgan fingerprint density at radius 3 is 1.76 bits per heavy atom. The Morgan fingerprint density at radius 1 is 0.757 bits per heavy atom. The number of aromatic hydroxyl groups is 1. The van der Waals surface area contributed by atoms with Crippen molar-refractivity contribution in [1.82, 2.24) is 9.13 Å². The summed E-state index contributed by atoms with van der Waals surface area (Å²) in [7, 11) is 1.56. The first-order chi connectivity index (χ1) is 18.0. The molecule has 1 N–H and O–H groups in total. The molecular formula is C27H26N4O5S. The van der Waals surface area contributed by atoms with Gasteiger partial charge in [-0.05, 0) is 98.9 Å². The minimum Gasteiger partial charge on any atom is -0.497 e. The van der Waals surface area contributed by atoms with Gasteiger partial charge in [-0.15, -0.1) is 5.11 Å². The van der Waals surface area contributed by atoms with Gasteiger partial charge in [-0.25, -0.2) is 0 Å². The van der Waals surface area contributed by atoms with Gasteiger partial charge in [0.25, 0.3) is 5.56 Å². The molecule has 4 aromatic rings. The van der Waals surface area contributed by atoms with Crippen LogP contribution in [0.25, 0.3) is 11.4 Å². The molecule has 37 heavy (non-hydrogen) atoms. The number of ether oxygens (including phenoxy) is 3. The molecule has 1 heterocycles. The molecular weight excluding hydrogens is 492 g/mol. The van der Waals surface area contributed by atoms with E-state index < -0.39 is 11.4 Å². The topological polar surface area (TPSA) is 99.6 Å². The predicted octanol–water partition coefficient (Wildman–Crippen LogP) is 6.28. The van der Waals surface area contributed by atoms with Gasteiger partial charge in [-0.1, -0.05) is 0 Å². The van der Waals surface area contributed by atoms with Crippen LogP contribution in [0, 0.1) is 4.77 Å². The maximum Gasteiger partial charge on any atom is 0.290 e. The van der Waals surface area contributed by atoms with Crippen molar-refractivity contribution in [3.05, 3.63) is 87.9 Å². The fourth-order valence-electron chi connectivity index (χ4n) is 3.61. The molecule has 0 radical (unpaired) electrons. The highest BCUT2D eigenvalue weighted by Crippen LogP contribution is 2.30. The lowest BCUT2D eigenvalue weighted by Gasteiger charge is -2.16. The van der Waals surface area contributed by atoms with Crippen molar-refractivity contribution in [2.75, 3.05) is 20.3 Å². The maximum atomic E-state index is 13.5. The summed E-state index contributed by atoms with van der Waals surface area (Å²) >= 11 is 5.67. The predicted molar refractivity (Wildman–Crippen MR) is 143 cm³/mol. The Kier molecular flexibility index (Phi) is 7.99. The molecule has 9 nitrogen and oxygen atoms in total. The van der Waals surface area contributed by atoms with E-state index in [4.69, 9.17) is 26.4 Å². The SMILES string of the molecule is CCOc1ccc(N=Nc2c(O)n(-c3ccc(OCC)cc3)c(=S)n(-c3ccc(OC)cc3)c2=O)cc1. The molecule has 0 aliphatic heterocycles. The van der Waals surface area contributed by atoms with E-state index in [9.17, 15) is 9.90 Å². The standard InChI is InChI=1S/C27H26N4O5S/c1-4-35-22-12-6-18(7-13-22)28-29-24-25(32)30(19-8-14-21(34-3)15-9-19)27(37)31(26(24)33)20-10-16-23(17-11-20)36-5-2/h6-17,33H,4-5H2,1-3H3. The van der Waals surface area contributed by atoms with Crippen molar-refractivity contribution >= 4 is 23.6 Å². The van der Waals surface area contributed by atoms with Crippen molar-refractivity contribution < 1.29 is 19.3 Å². The Hall–Kier alpha value is -4.44. The average molecular weight is 519 g/mol. The van der Waals surface area contributed by atoms with E-state index >= 15 is 0 Å². The van der Waals surface area contributed by atoms with Gasteiger partial charge < -0.3 is 19.3 Å². The summed E-state index contributed by atoms with van der Waals surface area (Å²) in [5, 5.41) is 19.5. The van der Waals surface area contributed by atoms with Crippen LogP contribution in [-0.2, 0) is 0 Å². The normalized spacial score (nSPS) is 11.0. The van der Waals surface area contributed by atoms with Gasteiger partial charge in [0.2, 0.25) is 11.6 Å². The Balaban J connectivity index is 1.88. The van der Waals surface area contributed by atoms with E-state index in [1.54, 1.807) is 79.9 Å². The lowest BCUT2D eigenvalue weighted by molar-refractivity contribution is 0.340. The highest BCUT2D eigenvalue weighted by molar-refractivity contribution is 7.71. The highest BCUT2D eigenvalue weighted by atomic mass is 32.1. The number of azo groups is 1. The summed E-state index contributed by atoms with van der Waals surface area (Å²) in [6.07, 6.45) is 0. The van der Waals surface area contributed by atoms with Crippen molar-refractivity contribution in [2.24, 2.45) is 10.2 Å². The molecule has 3 aromatic carbocycles. The van der Waals surface area contributed by atoms with E-state index in [0.717, 1.165) is 0 Å². The third kappa shape index (κ3) is 5.54. The van der Waals surface area contributed by atoms with Crippen LogP contribution in [0.3, 0.4) is 0 Å². The molecule has 0 fully saturated rings. The summed E-state index contributed by atoms with van der Waals surface area (Å²) in [5.74, 6) is 1.54. The van der Waals surface area contributed by atoms with E-state index in [2.05, 4.69) is 10.2 Å². The molecule has 0 bridgehead atoms. The second-order valence-corrected chi connectivity index (χ2v) is 8.05. The number of methoxy groups -OCH3 is 1. The summed E-state index contributed by atoms with van der Waals surface area (Å²) in [4.78, 5) is 13.5. The van der Waals surface area contributed by atoms with Gasteiger partial charge in [0.1, 0.15) is 17.2 Å². The molecule has 0 aliphatic carbocycles. The van der Waals surface area contributed by atoms with Gasteiger partial charge >= 0.3 is 0 Å². The zero-order valence-electron chi connectivity index (χ0n) is 20.6. The minimum atomic E-state index is -0.621. The second kappa shape index (κ2) is 11.5. The van der Waals surface area contributed by atoms with Crippen molar-refractivity contribution in [3.63, 3.8) is 0 Å². The number of benzene rings is 3. The van der Waals surface area contributed by atoms with Gasteiger partial charge in [0, 0.05) is 0 Å². The molecule has 0 saturated heterocycles. The maximum absolute atomic E-state index is 13.5. The number of aromatic nitrogens is 2. The molecule has 0 amide bonds. The number of hydrogen-bond donors (Lipinski definition) is 1. The van der Waals surface area contributed by atoms with Crippen molar-refractivity contribution in [3.8, 4) is 34.5 Å². The Bertz CT molecular complexity index is 1510.